The number of carboxylic acids is 1. The number of aryl methyl sites for hydroxylation is 1. The lowest BCUT2D eigenvalue weighted by molar-refractivity contribution is -0.147. The average molecular weight is 314 g/mol. The molecule has 0 saturated carbocycles. The first-order chi connectivity index (χ1) is 10.9. The Morgan fingerprint density at radius 1 is 1.30 bits per heavy atom. The van der Waals surface area contributed by atoms with E-state index in [1.165, 1.54) is 0 Å². The molecule has 0 unspecified atom stereocenters. The van der Waals surface area contributed by atoms with Crippen LogP contribution in [0, 0.1) is 12.3 Å². The summed E-state index contributed by atoms with van der Waals surface area (Å²) in [6.45, 7) is 3.97. The summed E-state index contributed by atoms with van der Waals surface area (Å²) >= 11 is 0. The average Bonchev–Trinajstić information content (AvgIpc) is 3.12. The molecule has 0 bridgehead atoms. The van der Waals surface area contributed by atoms with Crippen LogP contribution >= 0.6 is 0 Å². The minimum absolute atomic E-state index is 0.194. The molecule has 1 saturated heterocycles. The third-order valence-electron chi connectivity index (χ3n) is 4.40. The second-order valence-corrected chi connectivity index (χ2v) is 6.17. The van der Waals surface area contributed by atoms with Gasteiger partial charge in [0, 0.05) is 18.7 Å². The number of hydrogen-bond donors (Lipinski definition) is 1. The third-order valence-corrected chi connectivity index (χ3v) is 4.40. The van der Waals surface area contributed by atoms with Gasteiger partial charge in [0.2, 0.25) is 0 Å². The first-order valence-corrected chi connectivity index (χ1v) is 7.47. The van der Waals surface area contributed by atoms with E-state index in [0.29, 0.717) is 30.0 Å². The van der Waals surface area contributed by atoms with Crippen molar-refractivity contribution >= 4 is 11.9 Å². The number of likely N-dealkylation sites (tertiary alicyclic amines) is 1. The van der Waals surface area contributed by atoms with Crippen LogP contribution in [0.15, 0.2) is 34.9 Å². The largest absolute Gasteiger partial charge is 0.481 e. The third kappa shape index (κ3) is 2.60. The molecule has 1 N–H and O–H groups in total. The summed E-state index contributed by atoms with van der Waals surface area (Å²) in [6.07, 6.45) is 0.444. The molecule has 0 radical (unpaired) electrons. The van der Waals surface area contributed by atoms with Gasteiger partial charge in [0.15, 0.2) is 0 Å². The van der Waals surface area contributed by atoms with Crippen molar-refractivity contribution in [1.29, 1.82) is 0 Å². The van der Waals surface area contributed by atoms with E-state index in [4.69, 9.17) is 4.52 Å². The summed E-state index contributed by atoms with van der Waals surface area (Å²) in [5.74, 6) is -0.663. The topological polar surface area (TPSA) is 83.6 Å². The summed E-state index contributed by atoms with van der Waals surface area (Å²) in [5.41, 5.74) is 0.809. The van der Waals surface area contributed by atoms with E-state index < -0.39 is 11.4 Å². The number of carbonyl (C=O) groups excluding carboxylic acids is 1. The van der Waals surface area contributed by atoms with Gasteiger partial charge in [-0.15, -0.1) is 0 Å². The standard InChI is InChI=1S/C17H18N2O4/c1-11-13(14(18-23-11)12-6-4-3-5-7-12)15(20)19-9-8-17(2,10-19)16(21)22/h3-7H,8-10H2,1-2H3,(H,21,22)/t17-/m0/s1. The van der Waals surface area contributed by atoms with Crippen molar-refractivity contribution in [3.63, 3.8) is 0 Å². The van der Waals surface area contributed by atoms with E-state index in [-0.39, 0.29) is 12.5 Å². The number of carbonyl (C=O) groups is 2. The highest BCUT2D eigenvalue weighted by Gasteiger charge is 2.43. The van der Waals surface area contributed by atoms with E-state index in [1.807, 2.05) is 30.3 Å². The Hall–Kier alpha value is -2.63. The molecule has 1 fully saturated rings. The Morgan fingerprint density at radius 3 is 2.61 bits per heavy atom. The van der Waals surface area contributed by atoms with Crippen molar-refractivity contribution < 1.29 is 19.2 Å². The molecular weight excluding hydrogens is 296 g/mol. The zero-order valence-corrected chi connectivity index (χ0v) is 13.1. The maximum atomic E-state index is 12.9. The molecule has 1 aromatic carbocycles. The molecule has 1 aliphatic heterocycles. The molecule has 2 heterocycles. The van der Waals surface area contributed by atoms with Gasteiger partial charge in [0.1, 0.15) is 17.0 Å². The van der Waals surface area contributed by atoms with Gasteiger partial charge in [-0.05, 0) is 20.3 Å². The molecule has 1 aromatic heterocycles. The van der Waals surface area contributed by atoms with Crippen molar-refractivity contribution in [2.75, 3.05) is 13.1 Å². The minimum Gasteiger partial charge on any atom is -0.481 e. The fourth-order valence-electron chi connectivity index (χ4n) is 2.88. The van der Waals surface area contributed by atoms with Gasteiger partial charge in [-0.2, -0.15) is 0 Å². The highest BCUT2D eigenvalue weighted by atomic mass is 16.5. The lowest BCUT2D eigenvalue weighted by Gasteiger charge is -2.20. The second-order valence-electron chi connectivity index (χ2n) is 6.17. The van der Waals surface area contributed by atoms with Crippen LogP contribution in [-0.4, -0.2) is 40.1 Å². The lowest BCUT2D eigenvalue weighted by Crippen LogP contribution is -2.35. The van der Waals surface area contributed by atoms with Crippen LogP contribution in [0.5, 0.6) is 0 Å². The Balaban J connectivity index is 1.93. The van der Waals surface area contributed by atoms with Crippen molar-refractivity contribution in [2.24, 2.45) is 5.41 Å². The summed E-state index contributed by atoms with van der Waals surface area (Å²) in [5, 5.41) is 13.3. The van der Waals surface area contributed by atoms with Gasteiger partial charge in [0.25, 0.3) is 5.91 Å². The predicted molar refractivity (Wildman–Crippen MR) is 82.9 cm³/mol. The Labute approximate surface area is 133 Å². The molecule has 23 heavy (non-hydrogen) atoms. The summed E-state index contributed by atoms with van der Waals surface area (Å²) in [4.78, 5) is 25.8. The SMILES string of the molecule is Cc1onc(-c2ccccc2)c1C(=O)N1CC[C@](C)(C(=O)O)C1. The summed E-state index contributed by atoms with van der Waals surface area (Å²) in [7, 11) is 0. The van der Waals surface area contributed by atoms with Crippen LogP contribution in [-0.2, 0) is 4.79 Å². The van der Waals surface area contributed by atoms with Crippen LogP contribution in [0.4, 0.5) is 0 Å². The number of hydrogen-bond acceptors (Lipinski definition) is 4. The first kappa shape index (κ1) is 15.3. The summed E-state index contributed by atoms with van der Waals surface area (Å²) < 4.78 is 5.22. The fourth-order valence-corrected chi connectivity index (χ4v) is 2.88. The minimum atomic E-state index is -0.895. The highest BCUT2D eigenvalue weighted by molar-refractivity contribution is 6.01. The van der Waals surface area contributed by atoms with E-state index in [0.717, 1.165) is 5.56 Å². The lowest BCUT2D eigenvalue weighted by atomic mass is 9.90. The van der Waals surface area contributed by atoms with Gasteiger partial charge in [0.05, 0.1) is 5.41 Å². The van der Waals surface area contributed by atoms with E-state index in [2.05, 4.69) is 5.16 Å². The number of aliphatic carboxylic acids is 1. The van der Waals surface area contributed by atoms with Crippen molar-refractivity contribution in [1.82, 2.24) is 10.1 Å². The van der Waals surface area contributed by atoms with Crippen molar-refractivity contribution in [3.05, 3.63) is 41.7 Å². The van der Waals surface area contributed by atoms with Crippen LogP contribution in [0.2, 0.25) is 0 Å². The monoisotopic (exact) mass is 314 g/mol. The van der Waals surface area contributed by atoms with Crippen molar-refractivity contribution in [2.45, 2.75) is 20.3 Å². The van der Waals surface area contributed by atoms with Crippen LogP contribution < -0.4 is 0 Å². The maximum Gasteiger partial charge on any atom is 0.311 e. The molecule has 0 spiro atoms. The molecule has 6 heteroatoms. The predicted octanol–water partition coefficient (Wildman–Crippen LogP) is 2.59. The number of benzene rings is 1. The van der Waals surface area contributed by atoms with Gasteiger partial charge in [-0.1, -0.05) is 35.5 Å². The van der Waals surface area contributed by atoms with Gasteiger partial charge < -0.3 is 14.5 Å². The molecular formula is C17H18N2O4. The Bertz CT molecular complexity index is 753. The summed E-state index contributed by atoms with van der Waals surface area (Å²) in [6, 6.07) is 9.34. The molecule has 6 nitrogen and oxygen atoms in total. The molecule has 1 amide bonds. The molecule has 0 aliphatic carbocycles. The smallest absolute Gasteiger partial charge is 0.311 e. The molecule has 1 atom stereocenters. The van der Waals surface area contributed by atoms with E-state index in [1.54, 1.807) is 18.7 Å². The zero-order valence-electron chi connectivity index (χ0n) is 13.1. The molecule has 3 rings (SSSR count). The Kier molecular flexibility index (Phi) is 3.67. The maximum absolute atomic E-state index is 12.9. The first-order valence-electron chi connectivity index (χ1n) is 7.47. The van der Waals surface area contributed by atoms with Crippen LogP contribution in [0.3, 0.4) is 0 Å². The number of nitrogens with zero attached hydrogens (tertiary/aromatic N) is 2. The molecule has 120 valence electrons. The second kappa shape index (κ2) is 5.53. The number of amides is 1. The molecule has 2 aromatic rings. The quantitative estimate of drug-likeness (QED) is 0.941. The van der Waals surface area contributed by atoms with Gasteiger partial charge in [-0.3, -0.25) is 9.59 Å². The van der Waals surface area contributed by atoms with Crippen molar-refractivity contribution in [3.8, 4) is 11.3 Å². The zero-order chi connectivity index (χ0) is 16.6. The highest BCUT2D eigenvalue weighted by Crippen LogP contribution is 2.33. The molecule has 1 aliphatic rings. The Morgan fingerprint density at radius 2 is 2.00 bits per heavy atom. The van der Waals surface area contributed by atoms with Gasteiger partial charge in [-0.25, -0.2) is 0 Å². The fraction of sp³-hybridized carbons (Fsp3) is 0.353. The van der Waals surface area contributed by atoms with E-state index in [9.17, 15) is 14.7 Å². The number of carboxylic acid groups (broad SMARTS) is 1. The van der Waals surface area contributed by atoms with Crippen LogP contribution in [0.25, 0.3) is 11.3 Å². The van der Waals surface area contributed by atoms with Crippen LogP contribution in [0.1, 0.15) is 29.5 Å². The number of rotatable bonds is 3. The number of aromatic nitrogens is 1. The normalized spacial score (nSPS) is 20.7. The van der Waals surface area contributed by atoms with E-state index >= 15 is 0 Å². The van der Waals surface area contributed by atoms with Gasteiger partial charge >= 0.3 is 5.97 Å².